The molecule has 0 amide bonds. The van der Waals surface area contributed by atoms with Crippen LogP contribution in [0, 0.1) is 23.2 Å². The normalized spacial score (nSPS) is 17.0. The highest BCUT2D eigenvalue weighted by Gasteiger charge is 2.27. The Hall–Kier alpha value is -0.0400. The predicted molar refractivity (Wildman–Crippen MR) is 83.9 cm³/mol. The molecular weight excluding hydrogens is 218 g/mol. The van der Waals surface area contributed by atoms with Crippen LogP contribution in [0.25, 0.3) is 0 Å². The fourth-order valence-electron chi connectivity index (χ4n) is 2.56. The Bertz CT molecular complexity index is 217. The van der Waals surface area contributed by atoms with Gasteiger partial charge in [0.05, 0.1) is 0 Å². The number of hydrogen-bond donors (Lipinski definition) is 1. The van der Waals surface area contributed by atoms with Gasteiger partial charge < -0.3 is 5.32 Å². The van der Waals surface area contributed by atoms with Gasteiger partial charge in [-0.05, 0) is 63.3 Å². The zero-order chi connectivity index (χ0) is 14.6. The Morgan fingerprint density at radius 2 is 1.33 bits per heavy atom. The van der Waals surface area contributed by atoms with Gasteiger partial charge in [0.1, 0.15) is 0 Å². The van der Waals surface area contributed by atoms with Crippen molar-refractivity contribution >= 4 is 0 Å². The van der Waals surface area contributed by atoms with E-state index >= 15 is 0 Å². The molecule has 1 N–H and O–H groups in total. The Balaban J connectivity index is 4.42. The Labute approximate surface area is 116 Å². The molecule has 0 heterocycles. The van der Waals surface area contributed by atoms with Crippen molar-refractivity contribution in [3.05, 3.63) is 0 Å². The third-order valence-corrected chi connectivity index (χ3v) is 3.66. The van der Waals surface area contributed by atoms with E-state index in [9.17, 15) is 0 Å². The van der Waals surface area contributed by atoms with Crippen LogP contribution in [-0.4, -0.2) is 12.1 Å². The van der Waals surface area contributed by atoms with E-state index in [0.29, 0.717) is 5.41 Å². The van der Waals surface area contributed by atoms with Gasteiger partial charge in [0.15, 0.2) is 0 Å². The van der Waals surface area contributed by atoms with Crippen molar-refractivity contribution in [1.29, 1.82) is 0 Å². The molecule has 0 saturated carbocycles. The molecule has 0 aliphatic carbocycles. The van der Waals surface area contributed by atoms with Crippen LogP contribution < -0.4 is 5.32 Å². The van der Waals surface area contributed by atoms with Crippen LogP contribution in [0.15, 0.2) is 0 Å². The second-order valence-electron chi connectivity index (χ2n) is 8.66. The van der Waals surface area contributed by atoms with E-state index in [2.05, 4.69) is 67.6 Å². The third kappa shape index (κ3) is 8.97. The van der Waals surface area contributed by atoms with Gasteiger partial charge in [-0.1, -0.05) is 41.5 Å². The first-order valence-corrected chi connectivity index (χ1v) is 7.67. The number of rotatable bonds is 6. The first kappa shape index (κ1) is 18.0. The molecule has 0 spiro atoms. The average molecular weight is 255 g/mol. The van der Waals surface area contributed by atoms with Gasteiger partial charge in [0.2, 0.25) is 0 Å². The maximum Gasteiger partial charge on any atom is 0.00966 e. The summed E-state index contributed by atoms with van der Waals surface area (Å²) in [6.45, 7) is 22.1. The second-order valence-corrected chi connectivity index (χ2v) is 8.66. The van der Waals surface area contributed by atoms with Gasteiger partial charge >= 0.3 is 0 Å². The molecular formula is C17H37N. The SMILES string of the molecule is CC(C)CC(C)CC(CNC(C)(C)C)C(C)(C)C. The molecule has 0 fully saturated rings. The summed E-state index contributed by atoms with van der Waals surface area (Å²) in [5.74, 6) is 2.40. The molecule has 0 bridgehead atoms. The molecule has 1 heteroatoms. The van der Waals surface area contributed by atoms with Crippen molar-refractivity contribution in [3.63, 3.8) is 0 Å². The minimum atomic E-state index is 0.227. The van der Waals surface area contributed by atoms with Crippen LogP contribution >= 0.6 is 0 Å². The summed E-state index contributed by atoms with van der Waals surface area (Å²) >= 11 is 0. The molecule has 2 atom stereocenters. The lowest BCUT2D eigenvalue weighted by molar-refractivity contribution is 0.174. The molecule has 0 aliphatic rings. The largest absolute Gasteiger partial charge is 0.312 e. The summed E-state index contributed by atoms with van der Waals surface area (Å²) in [6, 6.07) is 0. The van der Waals surface area contributed by atoms with Crippen LogP contribution in [0.4, 0.5) is 0 Å². The molecule has 0 aliphatic heterocycles. The van der Waals surface area contributed by atoms with E-state index in [1.165, 1.54) is 12.8 Å². The summed E-state index contributed by atoms with van der Waals surface area (Å²) in [5, 5.41) is 3.69. The van der Waals surface area contributed by atoms with Crippen LogP contribution in [0.2, 0.25) is 0 Å². The van der Waals surface area contributed by atoms with Crippen molar-refractivity contribution in [2.45, 2.75) is 80.7 Å². The number of hydrogen-bond acceptors (Lipinski definition) is 1. The first-order valence-electron chi connectivity index (χ1n) is 7.67. The van der Waals surface area contributed by atoms with E-state index < -0.39 is 0 Å². The zero-order valence-corrected chi connectivity index (χ0v) is 14.4. The minimum absolute atomic E-state index is 0.227. The smallest absolute Gasteiger partial charge is 0.00966 e. The van der Waals surface area contributed by atoms with Gasteiger partial charge in [0.25, 0.3) is 0 Å². The monoisotopic (exact) mass is 255 g/mol. The van der Waals surface area contributed by atoms with Crippen molar-refractivity contribution in [2.75, 3.05) is 6.54 Å². The lowest BCUT2D eigenvalue weighted by Gasteiger charge is -2.36. The molecule has 0 rings (SSSR count). The molecule has 18 heavy (non-hydrogen) atoms. The fourth-order valence-corrected chi connectivity index (χ4v) is 2.56. The van der Waals surface area contributed by atoms with Gasteiger partial charge in [-0.15, -0.1) is 0 Å². The first-order chi connectivity index (χ1) is 7.92. The molecule has 0 aromatic heterocycles. The Kier molecular flexibility index (Phi) is 6.92. The number of nitrogens with one attached hydrogen (secondary N) is 1. The molecule has 0 saturated heterocycles. The van der Waals surface area contributed by atoms with Crippen molar-refractivity contribution in [3.8, 4) is 0 Å². The third-order valence-electron chi connectivity index (χ3n) is 3.66. The van der Waals surface area contributed by atoms with Crippen molar-refractivity contribution in [1.82, 2.24) is 5.32 Å². The summed E-state index contributed by atoms with van der Waals surface area (Å²) in [5.41, 5.74) is 0.619. The maximum atomic E-state index is 3.69. The van der Waals surface area contributed by atoms with E-state index in [4.69, 9.17) is 0 Å². The van der Waals surface area contributed by atoms with E-state index in [1.54, 1.807) is 0 Å². The molecule has 0 radical (unpaired) electrons. The van der Waals surface area contributed by atoms with Crippen LogP contribution in [0.1, 0.15) is 75.2 Å². The highest BCUT2D eigenvalue weighted by atomic mass is 14.9. The molecule has 1 nitrogen and oxygen atoms in total. The molecule has 0 aromatic rings. The summed E-state index contributed by atoms with van der Waals surface area (Å²) < 4.78 is 0. The van der Waals surface area contributed by atoms with Gasteiger partial charge in [-0.3, -0.25) is 0 Å². The lowest BCUT2D eigenvalue weighted by Crippen LogP contribution is -2.42. The van der Waals surface area contributed by atoms with Crippen LogP contribution in [-0.2, 0) is 0 Å². The summed E-state index contributed by atoms with van der Waals surface area (Å²) in [4.78, 5) is 0. The quantitative estimate of drug-likeness (QED) is 0.695. The highest BCUT2D eigenvalue weighted by molar-refractivity contribution is 4.81. The van der Waals surface area contributed by atoms with Crippen LogP contribution in [0.3, 0.4) is 0 Å². The van der Waals surface area contributed by atoms with E-state index in [-0.39, 0.29) is 5.54 Å². The fraction of sp³-hybridized carbons (Fsp3) is 1.00. The second kappa shape index (κ2) is 6.93. The molecule has 0 aromatic carbocycles. The zero-order valence-electron chi connectivity index (χ0n) is 14.4. The Morgan fingerprint density at radius 3 is 1.67 bits per heavy atom. The summed E-state index contributed by atoms with van der Waals surface area (Å²) in [6.07, 6.45) is 2.69. The lowest BCUT2D eigenvalue weighted by atomic mass is 9.74. The molecule has 110 valence electrons. The predicted octanol–water partition coefficient (Wildman–Crippen LogP) is 5.11. The summed E-state index contributed by atoms with van der Waals surface area (Å²) in [7, 11) is 0. The topological polar surface area (TPSA) is 12.0 Å². The van der Waals surface area contributed by atoms with Gasteiger partial charge in [-0.25, -0.2) is 0 Å². The van der Waals surface area contributed by atoms with E-state index in [0.717, 1.165) is 24.3 Å². The standard InChI is InChI=1S/C17H37N/c1-13(2)10-14(3)11-15(16(4,5)6)12-18-17(7,8)9/h13-15,18H,10-12H2,1-9H3. The van der Waals surface area contributed by atoms with Crippen molar-refractivity contribution in [2.24, 2.45) is 23.2 Å². The maximum absolute atomic E-state index is 3.69. The highest BCUT2D eigenvalue weighted by Crippen LogP contribution is 2.33. The molecule has 2 unspecified atom stereocenters. The van der Waals surface area contributed by atoms with Crippen molar-refractivity contribution < 1.29 is 0 Å². The van der Waals surface area contributed by atoms with Gasteiger partial charge in [0, 0.05) is 5.54 Å². The van der Waals surface area contributed by atoms with Gasteiger partial charge in [-0.2, -0.15) is 0 Å². The average Bonchev–Trinajstić information content (AvgIpc) is 2.07. The Morgan fingerprint density at radius 1 is 0.833 bits per heavy atom. The minimum Gasteiger partial charge on any atom is -0.312 e. The van der Waals surface area contributed by atoms with E-state index in [1.807, 2.05) is 0 Å². The van der Waals surface area contributed by atoms with Crippen LogP contribution in [0.5, 0.6) is 0 Å².